The van der Waals surface area contributed by atoms with E-state index >= 15 is 0 Å². The van der Waals surface area contributed by atoms with Crippen molar-refractivity contribution in [3.05, 3.63) is 44.7 Å². The molecule has 0 spiro atoms. The van der Waals surface area contributed by atoms with Crippen LogP contribution < -0.4 is 10.7 Å². The second kappa shape index (κ2) is 5.97. The summed E-state index contributed by atoms with van der Waals surface area (Å²) in [5.74, 6) is -0.489. The van der Waals surface area contributed by atoms with Crippen LogP contribution in [0.2, 0.25) is 0 Å². The molecule has 19 heavy (non-hydrogen) atoms. The topological polar surface area (TPSA) is 62.0 Å². The van der Waals surface area contributed by atoms with Gasteiger partial charge in [-0.1, -0.05) is 15.9 Å². The van der Waals surface area contributed by atoms with Crippen LogP contribution in [-0.4, -0.2) is 24.1 Å². The smallest absolute Gasteiger partial charge is 0.256 e. The minimum absolute atomic E-state index is 0.0319. The average molecular weight is 326 g/mol. The van der Waals surface area contributed by atoms with Gasteiger partial charge in [0.15, 0.2) is 0 Å². The molecule has 0 aliphatic rings. The Balaban J connectivity index is 2.37. The normalized spacial score (nSPS) is 10.6. The van der Waals surface area contributed by atoms with Gasteiger partial charge >= 0.3 is 0 Å². The Kier molecular flexibility index (Phi) is 4.31. The quantitative estimate of drug-likeness (QED) is 0.848. The third kappa shape index (κ3) is 3.01. The van der Waals surface area contributed by atoms with Crippen molar-refractivity contribution < 1.29 is 9.18 Å². The molecule has 0 aliphatic heterocycles. The standard InChI is InChI=1S/C13H12BrFN2O2/c14-8-2-3-11-9(6-8)12(18)10(7-17-11)13(19)16-5-1-4-15/h2-3,6-7H,1,4-5H2,(H,16,19)(H,17,18)/i15-1. The lowest BCUT2D eigenvalue weighted by molar-refractivity contribution is 0.0951. The van der Waals surface area contributed by atoms with E-state index in [1.807, 2.05) is 0 Å². The third-order valence-electron chi connectivity index (χ3n) is 2.68. The molecule has 100 valence electrons. The maximum atomic E-state index is 12.2. The molecule has 0 atom stereocenters. The van der Waals surface area contributed by atoms with Crippen LogP contribution in [-0.2, 0) is 0 Å². The van der Waals surface area contributed by atoms with Crippen LogP contribution in [0.25, 0.3) is 10.9 Å². The number of amides is 1. The highest BCUT2D eigenvalue weighted by Gasteiger charge is 2.12. The summed E-state index contributed by atoms with van der Waals surface area (Å²) in [6.45, 7) is -0.285. The molecule has 1 aromatic carbocycles. The number of pyridine rings is 1. The summed E-state index contributed by atoms with van der Waals surface area (Å²) in [7, 11) is 0. The molecule has 2 rings (SSSR count). The van der Waals surface area contributed by atoms with Crippen LogP contribution in [0.3, 0.4) is 0 Å². The number of hydrogen-bond acceptors (Lipinski definition) is 2. The number of nitrogens with one attached hydrogen (secondary N) is 2. The molecule has 6 heteroatoms. The molecule has 2 aromatic rings. The fourth-order valence-corrected chi connectivity index (χ4v) is 2.08. The summed E-state index contributed by atoms with van der Waals surface area (Å²) >= 11 is 3.28. The minimum atomic E-state index is -0.499. The van der Waals surface area contributed by atoms with Crippen molar-refractivity contribution in [3.63, 3.8) is 0 Å². The van der Waals surface area contributed by atoms with Gasteiger partial charge in [-0.15, -0.1) is 0 Å². The monoisotopic (exact) mass is 325 g/mol. The van der Waals surface area contributed by atoms with E-state index in [-0.39, 0.29) is 24.0 Å². The van der Waals surface area contributed by atoms with Crippen molar-refractivity contribution in [2.24, 2.45) is 0 Å². The number of aromatic amines is 1. The first kappa shape index (κ1) is 13.7. The zero-order valence-electron chi connectivity index (χ0n) is 10.0. The number of benzene rings is 1. The Morgan fingerprint density at radius 3 is 2.95 bits per heavy atom. The molecule has 0 unspecified atom stereocenters. The van der Waals surface area contributed by atoms with Crippen molar-refractivity contribution in [2.45, 2.75) is 6.42 Å². The van der Waals surface area contributed by atoms with Gasteiger partial charge in [-0.25, -0.2) is 0 Å². The van der Waals surface area contributed by atoms with E-state index in [9.17, 15) is 14.0 Å². The van der Waals surface area contributed by atoms with E-state index < -0.39 is 12.6 Å². The van der Waals surface area contributed by atoms with E-state index in [0.717, 1.165) is 4.47 Å². The first-order chi connectivity index (χ1) is 9.13. The van der Waals surface area contributed by atoms with E-state index in [4.69, 9.17) is 0 Å². The summed E-state index contributed by atoms with van der Waals surface area (Å²) in [5.41, 5.74) is 0.353. The molecule has 0 aliphatic carbocycles. The second-order valence-electron chi connectivity index (χ2n) is 4.02. The summed E-state index contributed by atoms with van der Waals surface area (Å²) in [5, 5.41) is 2.95. The lowest BCUT2D eigenvalue weighted by Crippen LogP contribution is -2.29. The Morgan fingerprint density at radius 1 is 1.42 bits per heavy atom. The molecule has 1 heterocycles. The van der Waals surface area contributed by atoms with Gasteiger partial charge in [-0.05, 0) is 24.6 Å². The number of halogens is 2. The second-order valence-corrected chi connectivity index (χ2v) is 4.94. The van der Waals surface area contributed by atoms with Gasteiger partial charge < -0.3 is 10.3 Å². The molecule has 0 fully saturated rings. The molecule has 0 bridgehead atoms. The number of aromatic nitrogens is 1. The van der Waals surface area contributed by atoms with Crippen LogP contribution in [0.15, 0.2) is 33.7 Å². The Hall–Kier alpha value is -1.69. The van der Waals surface area contributed by atoms with Crippen LogP contribution in [0.4, 0.5) is 4.39 Å². The van der Waals surface area contributed by atoms with E-state index in [1.54, 1.807) is 18.2 Å². The maximum absolute atomic E-state index is 12.2. The fraction of sp³-hybridized carbons (Fsp3) is 0.231. The molecule has 1 amide bonds. The molecule has 2 N–H and O–H groups in total. The highest BCUT2D eigenvalue weighted by molar-refractivity contribution is 9.10. The third-order valence-corrected chi connectivity index (χ3v) is 3.18. The van der Waals surface area contributed by atoms with E-state index in [2.05, 4.69) is 26.2 Å². The lowest BCUT2D eigenvalue weighted by atomic mass is 10.1. The van der Waals surface area contributed by atoms with Gasteiger partial charge in [-0.3, -0.25) is 14.0 Å². The molecule has 1 aromatic heterocycles. The molecular formula is C13H12BrFN2O2. The van der Waals surface area contributed by atoms with Gasteiger partial charge in [0.2, 0.25) is 5.43 Å². The van der Waals surface area contributed by atoms with Crippen molar-refractivity contribution in [1.82, 2.24) is 10.3 Å². The van der Waals surface area contributed by atoms with Crippen molar-refractivity contribution in [1.29, 1.82) is 0 Å². The number of fused-ring (bicyclic) bond motifs is 1. The molecular weight excluding hydrogens is 314 g/mol. The van der Waals surface area contributed by atoms with Crippen LogP contribution >= 0.6 is 15.9 Å². The molecule has 0 saturated heterocycles. The predicted octanol–water partition coefficient (Wildman–Crippen LogP) is 2.38. The summed E-state index contributed by atoms with van der Waals surface area (Å²) < 4.78 is 12.7. The largest absolute Gasteiger partial charge is 0.360 e. The van der Waals surface area contributed by atoms with Crippen LogP contribution in [0.1, 0.15) is 16.8 Å². The Labute approximate surface area is 117 Å². The molecule has 0 saturated carbocycles. The summed E-state index contributed by atoms with van der Waals surface area (Å²) in [4.78, 5) is 26.9. The van der Waals surface area contributed by atoms with Crippen LogP contribution in [0, 0.1) is 0 Å². The lowest BCUT2D eigenvalue weighted by Gasteiger charge is -2.05. The van der Waals surface area contributed by atoms with Crippen LogP contribution in [0.5, 0.6) is 0 Å². The fourth-order valence-electron chi connectivity index (χ4n) is 1.72. The van der Waals surface area contributed by atoms with Gasteiger partial charge in [-0.2, -0.15) is 0 Å². The zero-order valence-corrected chi connectivity index (χ0v) is 11.6. The van der Waals surface area contributed by atoms with Crippen molar-refractivity contribution in [2.75, 3.05) is 13.2 Å². The van der Waals surface area contributed by atoms with Crippen molar-refractivity contribution >= 4 is 32.7 Å². The number of carbonyl (C=O) groups is 1. The summed E-state index contributed by atoms with van der Waals surface area (Å²) in [6, 6.07) is 5.22. The van der Waals surface area contributed by atoms with Gasteiger partial charge in [0.05, 0.1) is 6.67 Å². The Bertz CT molecular complexity index is 669. The predicted molar refractivity (Wildman–Crippen MR) is 75.2 cm³/mol. The number of alkyl halides is 1. The van der Waals surface area contributed by atoms with E-state index in [1.165, 1.54) is 6.20 Å². The SMILES string of the molecule is O=C(NCCC[18F])c1c[nH]c2ccc(Br)cc2c1=O. The van der Waals surface area contributed by atoms with Gasteiger partial charge in [0.1, 0.15) is 5.56 Å². The van der Waals surface area contributed by atoms with Crippen molar-refractivity contribution in [3.8, 4) is 0 Å². The Morgan fingerprint density at radius 2 is 2.21 bits per heavy atom. The first-order valence-electron chi connectivity index (χ1n) is 5.78. The first-order valence-corrected chi connectivity index (χ1v) is 6.58. The highest BCUT2D eigenvalue weighted by atomic mass is 79.9. The average Bonchev–Trinajstić information content (AvgIpc) is 2.40. The number of H-pyrrole nitrogens is 1. The van der Waals surface area contributed by atoms with Gasteiger partial charge in [0, 0.05) is 28.1 Å². The minimum Gasteiger partial charge on any atom is -0.360 e. The summed E-state index contributed by atoms with van der Waals surface area (Å²) in [6.07, 6.45) is 1.62. The maximum Gasteiger partial charge on any atom is 0.256 e. The molecule has 0 radical (unpaired) electrons. The zero-order chi connectivity index (χ0) is 13.8. The molecule has 4 nitrogen and oxygen atoms in total. The number of carbonyl (C=O) groups excluding carboxylic acids is 1. The highest BCUT2D eigenvalue weighted by Crippen LogP contribution is 2.15. The number of rotatable bonds is 4. The number of hydrogen-bond donors (Lipinski definition) is 2. The van der Waals surface area contributed by atoms with Gasteiger partial charge in [0.25, 0.3) is 5.91 Å². The van der Waals surface area contributed by atoms with E-state index in [0.29, 0.717) is 10.9 Å².